The van der Waals surface area contributed by atoms with Gasteiger partial charge in [0.25, 0.3) is 15.9 Å². The van der Waals surface area contributed by atoms with Crippen molar-refractivity contribution in [1.82, 2.24) is 9.21 Å². The summed E-state index contributed by atoms with van der Waals surface area (Å²) in [5.74, 6) is 0.0768. The van der Waals surface area contributed by atoms with E-state index in [-0.39, 0.29) is 27.8 Å². The molecule has 2 aromatic carbocycles. The number of benzene rings is 2. The second kappa shape index (κ2) is 8.62. The molecular weight excluding hydrogens is 466 g/mol. The molecule has 0 unspecified atom stereocenters. The van der Waals surface area contributed by atoms with Crippen molar-refractivity contribution < 1.29 is 26.4 Å². The van der Waals surface area contributed by atoms with E-state index >= 15 is 0 Å². The summed E-state index contributed by atoms with van der Waals surface area (Å²) < 4.78 is 59.6. The SMILES string of the molecule is COc1ccc(S(=O)(=O)N2CCc3cc(S(=O)(=O)N(C)C)ccc32)cc1C(=O)N1CCCC1. The standard InChI is InChI=1S/C22H27N3O6S2/c1-23(2)32(27,28)17-6-8-20-16(14-17)10-13-25(20)33(29,30)18-7-9-21(31-3)19(15-18)22(26)24-11-4-5-12-24/h6-9,14-15H,4-5,10-13H2,1-3H3. The molecule has 1 fully saturated rings. The zero-order valence-corrected chi connectivity index (χ0v) is 20.4. The second-order valence-electron chi connectivity index (χ2n) is 8.27. The number of hydrogen-bond donors (Lipinski definition) is 0. The first-order valence-electron chi connectivity index (χ1n) is 10.6. The summed E-state index contributed by atoms with van der Waals surface area (Å²) in [6.45, 7) is 1.46. The van der Waals surface area contributed by atoms with E-state index in [1.54, 1.807) is 4.90 Å². The Labute approximate surface area is 194 Å². The van der Waals surface area contributed by atoms with E-state index in [1.165, 1.54) is 61.9 Å². The van der Waals surface area contributed by atoms with Crippen molar-refractivity contribution in [2.45, 2.75) is 29.1 Å². The first kappa shape index (κ1) is 23.5. The van der Waals surface area contributed by atoms with Crippen LogP contribution in [0.5, 0.6) is 5.75 Å². The second-order valence-corrected chi connectivity index (χ2v) is 12.3. The van der Waals surface area contributed by atoms with Crippen LogP contribution in [0.1, 0.15) is 28.8 Å². The minimum atomic E-state index is -3.97. The highest BCUT2D eigenvalue weighted by Gasteiger charge is 2.33. The number of nitrogens with zero attached hydrogens (tertiary/aromatic N) is 3. The molecular formula is C22H27N3O6S2. The minimum absolute atomic E-state index is 0.0105. The van der Waals surface area contributed by atoms with Crippen LogP contribution >= 0.6 is 0 Å². The number of fused-ring (bicyclic) bond motifs is 1. The van der Waals surface area contributed by atoms with Gasteiger partial charge in [-0.1, -0.05) is 0 Å². The zero-order chi connectivity index (χ0) is 24.0. The lowest BCUT2D eigenvalue weighted by molar-refractivity contribution is 0.0789. The summed E-state index contributed by atoms with van der Waals surface area (Å²) in [5.41, 5.74) is 1.30. The maximum atomic E-state index is 13.5. The van der Waals surface area contributed by atoms with Gasteiger partial charge in [-0.05, 0) is 61.2 Å². The largest absolute Gasteiger partial charge is 0.496 e. The molecule has 9 nitrogen and oxygen atoms in total. The van der Waals surface area contributed by atoms with Crippen molar-refractivity contribution in [1.29, 1.82) is 0 Å². The third kappa shape index (κ3) is 4.09. The Bertz CT molecular complexity index is 1300. The Balaban J connectivity index is 1.71. The van der Waals surface area contributed by atoms with Gasteiger partial charge in [-0.25, -0.2) is 21.1 Å². The molecule has 2 aromatic rings. The van der Waals surface area contributed by atoms with Gasteiger partial charge in [0.05, 0.1) is 28.2 Å². The van der Waals surface area contributed by atoms with Gasteiger partial charge in [0.1, 0.15) is 5.75 Å². The first-order valence-corrected chi connectivity index (χ1v) is 13.5. The van der Waals surface area contributed by atoms with Crippen molar-refractivity contribution in [3.63, 3.8) is 0 Å². The van der Waals surface area contributed by atoms with Crippen molar-refractivity contribution in [2.75, 3.05) is 45.1 Å². The normalized spacial score (nSPS) is 16.4. The highest BCUT2D eigenvalue weighted by molar-refractivity contribution is 7.92. The average molecular weight is 494 g/mol. The Hall–Kier alpha value is -2.63. The van der Waals surface area contributed by atoms with Crippen LogP contribution in [-0.2, 0) is 26.5 Å². The number of hydrogen-bond acceptors (Lipinski definition) is 6. The van der Waals surface area contributed by atoms with E-state index < -0.39 is 20.0 Å². The fourth-order valence-corrected chi connectivity index (χ4v) is 6.68. The summed E-state index contributed by atoms with van der Waals surface area (Å²) in [6, 6.07) is 8.76. The lowest BCUT2D eigenvalue weighted by atomic mass is 10.1. The van der Waals surface area contributed by atoms with Crippen LogP contribution in [0.2, 0.25) is 0 Å². The molecule has 0 N–H and O–H groups in total. The van der Waals surface area contributed by atoms with Crippen LogP contribution in [0.25, 0.3) is 0 Å². The Morgan fingerprint density at radius 3 is 2.24 bits per heavy atom. The van der Waals surface area contributed by atoms with Crippen LogP contribution in [0.3, 0.4) is 0 Å². The Morgan fingerprint density at radius 1 is 0.939 bits per heavy atom. The van der Waals surface area contributed by atoms with Crippen molar-refractivity contribution in [3.05, 3.63) is 47.5 Å². The van der Waals surface area contributed by atoms with E-state index in [4.69, 9.17) is 4.74 Å². The lowest BCUT2D eigenvalue weighted by Crippen LogP contribution is -2.30. The molecule has 0 bridgehead atoms. The summed E-state index contributed by atoms with van der Waals surface area (Å²) in [7, 11) is -3.26. The van der Waals surface area contributed by atoms with Gasteiger partial charge in [0.2, 0.25) is 10.0 Å². The molecule has 1 amide bonds. The molecule has 33 heavy (non-hydrogen) atoms. The number of carbonyl (C=O) groups excluding carboxylic acids is 1. The van der Waals surface area contributed by atoms with Gasteiger partial charge in [0, 0.05) is 33.7 Å². The van der Waals surface area contributed by atoms with Crippen LogP contribution in [0, 0.1) is 0 Å². The molecule has 1 saturated heterocycles. The van der Waals surface area contributed by atoms with Crippen molar-refractivity contribution >= 4 is 31.6 Å². The summed E-state index contributed by atoms with van der Waals surface area (Å²) in [4.78, 5) is 14.8. The third-order valence-electron chi connectivity index (χ3n) is 6.07. The minimum Gasteiger partial charge on any atom is -0.496 e. The molecule has 0 aromatic heterocycles. The summed E-state index contributed by atoms with van der Waals surface area (Å²) >= 11 is 0. The predicted molar refractivity (Wildman–Crippen MR) is 124 cm³/mol. The summed E-state index contributed by atoms with van der Waals surface area (Å²) in [5, 5.41) is 0. The number of methoxy groups -OCH3 is 1. The van der Waals surface area contributed by atoms with Crippen LogP contribution in [0.4, 0.5) is 5.69 Å². The van der Waals surface area contributed by atoms with Gasteiger partial charge >= 0.3 is 0 Å². The Morgan fingerprint density at radius 2 is 1.61 bits per heavy atom. The van der Waals surface area contributed by atoms with Gasteiger partial charge in [-0.15, -0.1) is 0 Å². The van der Waals surface area contributed by atoms with Gasteiger partial charge in [0.15, 0.2) is 0 Å². The fourth-order valence-electron chi connectivity index (χ4n) is 4.20. The summed E-state index contributed by atoms with van der Waals surface area (Å²) in [6.07, 6.45) is 2.23. The maximum absolute atomic E-state index is 13.5. The molecule has 0 spiro atoms. The quantitative estimate of drug-likeness (QED) is 0.609. The highest BCUT2D eigenvalue weighted by atomic mass is 32.2. The number of sulfonamides is 2. The van der Waals surface area contributed by atoms with E-state index in [2.05, 4.69) is 0 Å². The number of amides is 1. The number of anilines is 1. The molecule has 11 heteroatoms. The topological polar surface area (TPSA) is 104 Å². The first-order chi connectivity index (χ1) is 15.6. The van der Waals surface area contributed by atoms with Crippen LogP contribution in [-0.4, -0.2) is 72.8 Å². The molecule has 0 aliphatic carbocycles. The number of ether oxygens (including phenoxy) is 1. The monoisotopic (exact) mass is 493 g/mol. The Kier molecular flexibility index (Phi) is 6.14. The molecule has 2 aliphatic rings. The van der Waals surface area contributed by atoms with E-state index in [1.807, 2.05) is 0 Å². The number of carbonyl (C=O) groups is 1. The molecule has 4 rings (SSSR count). The van der Waals surface area contributed by atoms with Crippen molar-refractivity contribution in [2.24, 2.45) is 0 Å². The smallest absolute Gasteiger partial charge is 0.264 e. The average Bonchev–Trinajstić information content (AvgIpc) is 3.47. The van der Waals surface area contributed by atoms with Crippen LogP contribution in [0.15, 0.2) is 46.2 Å². The molecule has 0 saturated carbocycles. The maximum Gasteiger partial charge on any atom is 0.264 e. The third-order valence-corrected chi connectivity index (χ3v) is 9.69. The van der Waals surface area contributed by atoms with Crippen LogP contribution < -0.4 is 9.04 Å². The molecule has 0 atom stereocenters. The molecule has 0 radical (unpaired) electrons. The lowest BCUT2D eigenvalue weighted by Gasteiger charge is -2.22. The van der Waals surface area contributed by atoms with Gasteiger partial charge < -0.3 is 9.64 Å². The molecule has 2 heterocycles. The zero-order valence-electron chi connectivity index (χ0n) is 18.8. The number of likely N-dealkylation sites (tertiary alicyclic amines) is 1. The van der Waals surface area contributed by atoms with E-state index in [0.717, 1.165) is 17.1 Å². The highest BCUT2D eigenvalue weighted by Crippen LogP contribution is 2.36. The number of rotatable bonds is 6. The molecule has 2 aliphatic heterocycles. The van der Waals surface area contributed by atoms with E-state index in [0.29, 0.717) is 36.5 Å². The van der Waals surface area contributed by atoms with Gasteiger partial charge in [-0.3, -0.25) is 9.10 Å². The van der Waals surface area contributed by atoms with Gasteiger partial charge in [-0.2, -0.15) is 0 Å². The van der Waals surface area contributed by atoms with Crippen molar-refractivity contribution in [3.8, 4) is 5.75 Å². The fraction of sp³-hybridized carbons (Fsp3) is 0.409. The molecule has 178 valence electrons. The van der Waals surface area contributed by atoms with E-state index in [9.17, 15) is 21.6 Å². The predicted octanol–water partition coefficient (Wildman–Crippen LogP) is 1.93.